The van der Waals surface area contributed by atoms with Gasteiger partial charge in [0.15, 0.2) is 0 Å². The number of ether oxygens (including phenoxy) is 1. The van der Waals surface area contributed by atoms with E-state index in [1.807, 2.05) is 37.1 Å². The Kier molecular flexibility index (Phi) is 4.65. The van der Waals surface area contributed by atoms with Gasteiger partial charge in [0.05, 0.1) is 30.6 Å². The average molecular weight is 386 g/mol. The normalized spacial score (nSPS) is 17.2. The van der Waals surface area contributed by atoms with E-state index in [1.54, 1.807) is 0 Å². The molecule has 7 nitrogen and oxygen atoms in total. The monoisotopic (exact) mass is 386 g/mol. The van der Waals surface area contributed by atoms with Crippen molar-refractivity contribution in [1.29, 1.82) is 0 Å². The fourth-order valence-corrected chi connectivity index (χ4v) is 3.69. The lowest BCUT2D eigenvalue weighted by Gasteiger charge is -2.26. The second-order valence-electron chi connectivity index (χ2n) is 7.20. The predicted octanol–water partition coefficient (Wildman–Crippen LogP) is 3.44. The van der Waals surface area contributed by atoms with Crippen LogP contribution in [0.25, 0.3) is 22.2 Å². The minimum atomic E-state index is 0.715. The van der Waals surface area contributed by atoms with E-state index in [0.717, 1.165) is 59.0 Å². The molecule has 5 heterocycles. The smallest absolute Gasteiger partial charge is 0.225 e. The summed E-state index contributed by atoms with van der Waals surface area (Å²) in [5, 5.41) is 1.11. The number of aromatic nitrogens is 4. The number of hydrogen-bond acceptors (Lipinski definition) is 6. The summed E-state index contributed by atoms with van der Waals surface area (Å²) in [6, 6.07) is 4.17. The third kappa shape index (κ3) is 3.45. The van der Waals surface area contributed by atoms with Gasteiger partial charge in [-0.05, 0) is 24.6 Å². The van der Waals surface area contributed by atoms with E-state index < -0.39 is 0 Å². The quantitative estimate of drug-likeness (QED) is 0.675. The van der Waals surface area contributed by atoms with Gasteiger partial charge in [0.2, 0.25) is 5.95 Å². The molecule has 0 saturated carbocycles. The molecule has 0 aromatic carbocycles. The molecule has 0 spiro atoms. The highest BCUT2D eigenvalue weighted by Crippen LogP contribution is 2.29. The highest BCUT2D eigenvalue weighted by molar-refractivity contribution is 6.01. The van der Waals surface area contributed by atoms with Crippen molar-refractivity contribution in [3.8, 4) is 11.3 Å². The van der Waals surface area contributed by atoms with Crippen LogP contribution in [0.5, 0.6) is 0 Å². The molecule has 0 aliphatic carbocycles. The summed E-state index contributed by atoms with van der Waals surface area (Å²) < 4.78 is 7.58. The summed E-state index contributed by atoms with van der Waals surface area (Å²) in [6.45, 7) is 5.12. The fourth-order valence-electron chi connectivity index (χ4n) is 3.69. The molecule has 7 heteroatoms. The molecule has 2 aliphatic heterocycles. The van der Waals surface area contributed by atoms with Crippen LogP contribution in [0.4, 0.5) is 5.95 Å². The van der Waals surface area contributed by atoms with E-state index in [4.69, 9.17) is 9.73 Å². The third-order valence-corrected chi connectivity index (χ3v) is 5.19. The van der Waals surface area contributed by atoms with E-state index in [9.17, 15) is 0 Å². The van der Waals surface area contributed by atoms with E-state index in [1.165, 1.54) is 0 Å². The van der Waals surface area contributed by atoms with Gasteiger partial charge < -0.3 is 9.64 Å². The molecule has 0 N–H and O–H groups in total. The standard InChI is InChI=1S/C22H22N6O/c1-16-3-2-4-21(24-12-16)28-19(11-17-5-6-23-15-20(17)28)18-13-25-22(26-14-18)27-7-9-29-10-8-27/h2-3,5-6,11-15H,4,7-10H2,1H3. The van der Waals surface area contributed by atoms with Gasteiger partial charge in [-0.15, -0.1) is 0 Å². The number of rotatable bonds is 2. The second-order valence-corrected chi connectivity index (χ2v) is 7.20. The van der Waals surface area contributed by atoms with Crippen LogP contribution in [-0.2, 0) is 4.74 Å². The van der Waals surface area contributed by atoms with Gasteiger partial charge in [-0.3, -0.25) is 9.55 Å². The Hall–Kier alpha value is -3.32. The van der Waals surface area contributed by atoms with Crippen molar-refractivity contribution in [3.05, 3.63) is 60.8 Å². The minimum absolute atomic E-state index is 0.715. The third-order valence-electron chi connectivity index (χ3n) is 5.19. The summed E-state index contributed by atoms with van der Waals surface area (Å²) in [5.74, 6) is 1.70. The Bertz CT molecular complexity index is 1120. The number of pyridine rings is 1. The summed E-state index contributed by atoms with van der Waals surface area (Å²) in [5.41, 5.74) is 4.13. The first-order valence-electron chi connectivity index (χ1n) is 9.80. The summed E-state index contributed by atoms with van der Waals surface area (Å²) >= 11 is 0. The molecule has 5 rings (SSSR count). The summed E-state index contributed by atoms with van der Waals surface area (Å²) in [6.07, 6.45) is 14.4. The SMILES string of the molecule is CC1=CN=C(n2c(-c3cnc(N4CCOCC4)nc3)cc3ccncc32)CC=C1. The zero-order valence-electron chi connectivity index (χ0n) is 16.3. The largest absolute Gasteiger partial charge is 0.378 e. The van der Waals surface area contributed by atoms with Crippen molar-refractivity contribution in [2.24, 2.45) is 4.99 Å². The number of nitrogens with zero attached hydrogens (tertiary/aromatic N) is 6. The first-order valence-corrected chi connectivity index (χ1v) is 9.80. The lowest BCUT2D eigenvalue weighted by molar-refractivity contribution is 0.122. The Morgan fingerprint density at radius 2 is 1.90 bits per heavy atom. The Balaban J connectivity index is 1.59. The first-order chi connectivity index (χ1) is 14.3. The molecule has 2 aliphatic rings. The second kappa shape index (κ2) is 7.60. The molecule has 146 valence electrons. The fraction of sp³-hybridized carbons (Fsp3) is 0.273. The van der Waals surface area contributed by atoms with E-state index in [2.05, 4.69) is 49.6 Å². The number of anilines is 1. The van der Waals surface area contributed by atoms with Crippen LogP contribution < -0.4 is 4.90 Å². The van der Waals surface area contributed by atoms with Crippen molar-refractivity contribution >= 4 is 22.7 Å². The van der Waals surface area contributed by atoms with Crippen molar-refractivity contribution in [1.82, 2.24) is 19.5 Å². The molecule has 0 radical (unpaired) electrons. The van der Waals surface area contributed by atoms with Crippen LogP contribution in [0.3, 0.4) is 0 Å². The maximum Gasteiger partial charge on any atom is 0.225 e. The van der Waals surface area contributed by atoms with E-state index in [-0.39, 0.29) is 0 Å². The molecular formula is C22H22N6O. The minimum Gasteiger partial charge on any atom is -0.378 e. The molecule has 0 bridgehead atoms. The maximum atomic E-state index is 5.42. The van der Waals surface area contributed by atoms with Crippen LogP contribution in [-0.4, -0.2) is 51.7 Å². The molecular weight excluding hydrogens is 364 g/mol. The number of fused-ring (bicyclic) bond motifs is 1. The van der Waals surface area contributed by atoms with E-state index >= 15 is 0 Å². The summed E-state index contributed by atoms with van der Waals surface area (Å²) in [4.78, 5) is 20.5. The maximum absolute atomic E-state index is 5.42. The highest BCUT2D eigenvalue weighted by atomic mass is 16.5. The van der Waals surface area contributed by atoms with Gasteiger partial charge in [-0.1, -0.05) is 12.2 Å². The van der Waals surface area contributed by atoms with Crippen LogP contribution in [0.1, 0.15) is 13.3 Å². The van der Waals surface area contributed by atoms with Gasteiger partial charge in [-0.2, -0.15) is 0 Å². The molecule has 1 saturated heterocycles. The Labute approximate surface area is 169 Å². The van der Waals surface area contributed by atoms with Crippen LogP contribution >= 0.6 is 0 Å². The van der Waals surface area contributed by atoms with Crippen molar-refractivity contribution in [2.75, 3.05) is 31.2 Å². The zero-order chi connectivity index (χ0) is 19.6. The van der Waals surface area contributed by atoms with Crippen molar-refractivity contribution < 1.29 is 4.74 Å². The first kappa shape index (κ1) is 17.8. The lowest BCUT2D eigenvalue weighted by Crippen LogP contribution is -2.37. The molecule has 0 unspecified atom stereocenters. The number of hydrogen-bond donors (Lipinski definition) is 0. The molecule has 0 atom stereocenters. The van der Waals surface area contributed by atoms with Crippen molar-refractivity contribution in [3.63, 3.8) is 0 Å². The Morgan fingerprint density at radius 1 is 1.07 bits per heavy atom. The van der Waals surface area contributed by atoms with E-state index in [0.29, 0.717) is 13.2 Å². The van der Waals surface area contributed by atoms with Gasteiger partial charge in [-0.25, -0.2) is 15.0 Å². The van der Waals surface area contributed by atoms with Crippen LogP contribution in [0.15, 0.2) is 65.8 Å². The molecule has 3 aromatic heterocycles. The number of morpholine rings is 1. The topological polar surface area (TPSA) is 68.4 Å². The highest BCUT2D eigenvalue weighted by Gasteiger charge is 2.18. The number of allylic oxidation sites excluding steroid dienone is 3. The molecule has 0 amide bonds. The zero-order valence-corrected chi connectivity index (χ0v) is 16.3. The Morgan fingerprint density at radius 3 is 2.72 bits per heavy atom. The van der Waals surface area contributed by atoms with Crippen LogP contribution in [0, 0.1) is 0 Å². The number of aliphatic imine (C=N–C) groups is 1. The van der Waals surface area contributed by atoms with Gasteiger partial charge in [0.1, 0.15) is 5.84 Å². The summed E-state index contributed by atoms with van der Waals surface area (Å²) in [7, 11) is 0. The van der Waals surface area contributed by atoms with Crippen LogP contribution in [0.2, 0.25) is 0 Å². The van der Waals surface area contributed by atoms with Gasteiger partial charge >= 0.3 is 0 Å². The molecule has 3 aromatic rings. The predicted molar refractivity (Wildman–Crippen MR) is 114 cm³/mol. The average Bonchev–Trinajstić information content (AvgIpc) is 3.03. The van der Waals surface area contributed by atoms with Gasteiger partial charge in [0, 0.05) is 55.3 Å². The lowest BCUT2D eigenvalue weighted by atomic mass is 10.2. The molecule has 29 heavy (non-hydrogen) atoms. The van der Waals surface area contributed by atoms with Gasteiger partial charge in [0.25, 0.3) is 0 Å². The van der Waals surface area contributed by atoms with Crippen molar-refractivity contribution in [2.45, 2.75) is 13.3 Å². The molecule has 1 fully saturated rings.